The number of rotatable bonds is 5. The lowest BCUT2D eigenvalue weighted by Crippen LogP contribution is -2.71. The molecule has 33 heavy (non-hydrogen) atoms. The van der Waals surface area contributed by atoms with E-state index in [0.717, 1.165) is 25.2 Å². The maximum atomic E-state index is 13.6. The summed E-state index contributed by atoms with van der Waals surface area (Å²) in [4.78, 5) is 24.9. The van der Waals surface area contributed by atoms with Gasteiger partial charge in [-0.3, -0.25) is 14.6 Å². The number of amides is 1. The number of halogens is 2. The van der Waals surface area contributed by atoms with Crippen LogP contribution in [0.4, 0.5) is 0 Å². The van der Waals surface area contributed by atoms with E-state index >= 15 is 0 Å². The summed E-state index contributed by atoms with van der Waals surface area (Å²) in [5, 5.41) is 4.90. The van der Waals surface area contributed by atoms with E-state index in [2.05, 4.69) is 24.8 Å². The number of carbonyl (C=O) groups is 1. The van der Waals surface area contributed by atoms with Crippen molar-refractivity contribution < 1.29 is 14.1 Å². The Morgan fingerprint density at radius 1 is 1.09 bits per heavy atom. The number of benzene rings is 1. The average Bonchev–Trinajstić information content (AvgIpc) is 3.48. The molecule has 0 N–H and O–H groups in total. The van der Waals surface area contributed by atoms with Crippen molar-refractivity contribution in [2.45, 2.75) is 50.9 Å². The summed E-state index contributed by atoms with van der Waals surface area (Å²) in [5.41, 5.74) is 0.875. The quantitative estimate of drug-likeness (QED) is 0.633. The predicted octanol–water partition coefficient (Wildman–Crippen LogP) is 2.80. The molecule has 3 saturated heterocycles. The normalized spacial score (nSPS) is 26.5. The highest BCUT2D eigenvalue weighted by molar-refractivity contribution is 6.42. The topological polar surface area (TPSA) is 74.9 Å². The molecule has 10 heteroatoms. The number of nitrogens with zero attached hydrogens (tertiary/aromatic N) is 5. The Morgan fingerprint density at radius 3 is 2.61 bits per heavy atom. The molecule has 0 spiro atoms. The largest absolute Gasteiger partial charge is 0.378 e. The van der Waals surface area contributed by atoms with E-state index in [4.69, 9.17) is 32.5 Å². The van der Waals surface area contributed by atoms with Crippen molar-refractivity contribution in [2.24, 2.45) is 0 Å². The van der Waals surface area contributed by atoms with Crippen molar-refractivity contribution in [2.75, 3.05) is 39.4 Å². The van der Waals surface area contributed by atoms with Gasteiger partial charge >= 0.3 is 0 Å². The van der Waals surface area contributed by atoms with Gasteiger partial charge in [0.25, 0.3) is 0 Å². The summed E-state index contributed by atoms with van der Waals surface area (Å²) in [7, 11) is 0. The van der Waals surface area contributed by atoms with Crippen molar-refractivity contribution in [3.05, 3.63) is 45.5 Å². The number of aromatic nitrogens is 2. The van der Waals surface area contributed by atoms with E-state index < -0.39 is 0 Å². The van der Waals surface area contributed by atoms with Gasteiger partial charge in [-0.15, -0.1) is 0 Å². The molecule has 1 aromatic heterocycles. The molecule has 178 valence electrons. The molecule has 3 atom stereocenters. The molecule has 2 aromatic rings. The summed E-state index contributed by atoms with van der Waals surface area (Å²) >= 11 is 12.3. The van der Waals surface area contributed by atoms with Crippen LogP contribution in [0.25, 0.3) is 0 Å². The van der Waals surface area contributed by atoms with Crippen LogP contribution in [-0.4, -0.2) is 88.3 Å². The highest BCUT2D eigenvalue weighted by atomic mass is 35.5. The lowest BCUT2D eigenvalue weighted by molar-refractivity contribution is -0.153. The van der Waals surface area contributed by atoms with Crippen molar-refractivity contribution in [3.63, 3.8) is 0 Å². The smallest absolute Gasteiger partial charge is 0.240 e. The van der Waals surface area contributed by atoms with Crippen LogP contribution in [0.2, 0.25) is 10.0 Å². The maximum absolute atomic E-state index is 13.6. The Labute approximate surface area is 203 Å². The van der Waals surface area contributed by atoms with E-state index in [1.807, 2.05) is 13.0 Å². The second-order valence-electron chi connectivity index (χ2n) is 9.12. The first-order valence-corrected chi connectivity index (χ1v) is 12.3. The van der Waals surface area contributed by atoms with E-state index in [0.29, 0.717) is 54.5 Å². The van der Waals surface area contributed by atoms with Crippen molar-refractivity contribution in [3.8, 4) is 0 Å². The summed E-state index contributed by atoms with van der Waals surface area (Å²) in [6, 6.07) is 5.71. The van der Waals surface area contributed by atoms with Crippen LogP contribution in [0.3, 0.4) is 0 Å². The minimum Gasteiger partial charge on any atom is -0.378 e. The third kappa shape index (κ3) is 4.91. The van der Waals surface area contributed by atoms with Gasteiger partial charge in [0.15, 0.2) is 5.82 Å². The van der Waals surface area contributed by atoms with E-state index in [9.17, 15) is 4.79 Å². The van der Waals surface area contributed by atoms with Gasteiger partial charge in [-0.2, -0.15) is 4.98 Å². The summed E-state index contributed by atoms with van der Waals surface area (Å²) in [5.74, 6) is 1.35. The molecule has 3 aliphatic rings. The Morgan fingerprint density at radius 2 is 1.88 bits per heavy atom. The van der Waals surface area contributed by atoms with Crippen LogP contribution in [-0.2, 0) is 22.5 Å². The Balaban J connectivity index is 1.39. The first kappa shape index (κ1) is 23.1. The molecule has 3 fully saturated rings. The lowest BCUT2D eigenvalue weighted by atomic mass is 9.91. The average molecular weight is 494 g/mol. The Hall–Kier alpha value is -1.71. The van der Waals surface area contributed by atoms with E-state index in [-0.39, 0.29) is 24.0 Å². The second-order valence-corrected chi connectivity index (χ2v) is 9.94. The van der Waals surface area contributed by atoms with Crippen LogP contribution >= 0.6 is 23.2 Å². The molecule has 5 rings (SSSR count). The third-order valence-corrected chi connectivity index (χ3v) is 7.74. The standard InChI is InChI=1S/C23H29Cl2N5O3/c1-15-26-21(33-27-15)12-29-8-9-30(22(31)11-16-4-5-17(24)18(25)10-16)23-19(13-32-14-20(23)29)28-6-2-3-7-28/h4-5,10,19-20,23H,2-3,6-9,11-14H2,1H3/t19?,20-,23-/m1/s1. The minimum atomic E-state index is 0.0462. The summed E-state index contributed by atoms with van der Waals surface area (Å²) in [6.07, 6.45) is 2.68. The fraction of sp³-hybridized carbons (Fsp3) is 0.609. The molecule has 8 nitrogen and oxygen atoms in total. The van der Waals surface area contributed by atoms with Gasteiger partial charge < -0.3 is 14.2 Å². The molecule has 1 unspecified atom stereocenters. The van der Waals surface area contributed by atoms with Gasteiger partial charge in [-0.05, 0) is 50.6 Å². The summed E-state index contributed by atoms with van der Waals surface area (Å²) in [6.45, 7) is 7.09. The number of carbonyl (C=O) groups excluding carboxylic acids is 1. The number of likely N-dealkylation sites (tertiary alicyclic amines) is 1. The SMILES string of the molecule is Cc1noc(CN2CCN(C(=O)Cc3ccc(Cl)c(Cl)c3)[C@@H]3C(N4CCCC4)COC[C@H]32)n1. The van der Waals surface area contributed by atoms with Gasteiger partial charge in [0.05, 0.1) is 54.4 Å². The Kier molecular flexibility index (Phi) is 6.90. The van der Waals surface area contributed by atoms with E-state index in [1.54, 1.807) is 12.1 Å². The Bertz CT molecular complexity index is 996. The molecule has 0 aliphatic carbocycles. The number of ether oxygens (including phenoxy) is 1. The number of piperazine rings is 1. The molecule has 0 radical (unpaired) electrons. The molecular formula is C23H29Cl2N5O3. The lowest BCUT2D eigenvalue weighted by Gasteiger charge is -2.54. The zero-order chi connectivity index (χ0) is 22.9. The molecule has 1 aromatic carbocycles. The molecule has 0 saturated carbocycles. The number of hydrogen-bond acceptors (Lipinski definition) is 7. The van der Waals surface area contributed by atoms with Crippen LogP contribution in [0.5, 0.6) is 0 Å². The zero-order valence-electron chi connectivity index (χ0n) is 18.8. The van der Waals surface area contributed by atoms with Crippen molar-refractivity contribution in [1.29, 1.82) is 0 Å². The number of hydrogen-bond donors (Lipinski definition) is 0. The first-order valence-electron chi connectivity index (χ1n) is 11.6. The second kappa shape index (κ2) is 9.88. The number of fused-ring (bicyclic) bond motifs is 1. The van der Waals surface area contributed by atoms with Gasteiger partial charge in [0.2, 0.25) is 11.8 Å². The van der Waals surface area contributed by atoms with Crippen LogP contribution in [0.1, 0.15) is 30.1 Å². The van der Waals surface area contributed by atoms with Gasteiger partial charge in [0.1, 0.15) is 0 Å². The van der Waals surface area contributed by atoms with Gasteiger partial charge in [-0.1, -0.05) is 34.4 Å². The van der Waals surface area contributed by atoms with Gasteiger partial charge in [0, 0.05) is 13.1 Å². The third-order valence-electron chi connectivity index (χ3n) is 7.00. The maximum Gasteiger partial charge on any atom is 0.240 e. The predicted molar refractivity (Wildman–Crippen MR) is 124 cm³/mol. The van der Waals surface area contributed by atoms with E-state index in [1.165, 1.54) is 12.8 Å². The molecule has 4 heterocycles. The van der Waals surface area contributed by atoms with Crippen LogP contribution in [0.15, 0.2) is 22.7 Å². The van der Waals surface area contributed by atoms with Crippen molar-refractivity contribution >= 4 is 29.1 Å². The highest BCUT2D eigenvalue weighted by Gasteiger charge is 2.48. The number of aryl methyl sites for hydroxylation is 1. The van der Waals surface area contributed by atoms with Crippen LogP contribution < -0.4 is 0 Å². The summed E-state index contributed by atoms with van der Waals surface area (Å²) < 4.78 is 11.5. The fourth-order valence-electron chi connectivity index (χ4n) is 5.44. The molecule has 1 amide bonds. The minimum absolute atomic E-state index is 0.0462. The van der Waals surface area contributed by atoms with Crippen molar-refractivity contribution in [1.82, 2.24) is 24.8 Å². The zero-order valence-corrected chi connectivity index (χ0v) is 20.3. The van der Waals surface area contributed by atoms with Crippen LogP contribution in [0, 0.1) is 6.92 Å². The molecule has 0 bridgehead atoms. The highest BCUT2D eigenvalue weighted by Crippen LogP contribution is 2.31. The molecular weight excluding hydrogens is 465 g/mol. The van der Waals surface area contributed by atoms with Gasteiger partial charge in [-0.25, -0.2) is 0 Å². The molecule has 3 aliphatic heterocycles. The fourth-order valence-corrected chi connectivity index (χ4v) is 5.76. The first-order chi connectivity index (χ1) is 16.0. The monoisotopic (exact) mass is 493 g/mol.